The van der Waals surface area contributed by atoms with Crippen molar-refractivity contribution in [3.05, 3.63) is 34.9 Å². The molecule has 0 radical (unpaired) electrons. The van der Waals surface area contributed by atoms with Crippen LogP contribution in [-0.4, -0.2) is 17.3 Å². The minimum atomic E-state index is -0.699. The molecule has 0 aliphatic heterocycles. The van der Waals surface area contributed by atoms with Crippen molar-refractivity contribution in [1.82, 2.24) is 5.32 Å². The molecule has 0 heterocycles. The van der Waals surface area contributed by atoms with Crippen molar-refractivity contribution in [2.24, 2.45) is 0 Å². The van der Waals surface area contributed by atoms with E-state index in [1.807, 2.05) is 31.2 Å². The number of benzene rings is 1. The van der Waals surface area contributed by atoms with E-state index in [4.69, 9.17) is 11.6 Å². The summed E-state index contributed by atoms with van der Waals surface area (Å²) >= 11 is 6.07. The Bertz CT molecular complexity index is 320. The molecule has 0 unspecified atom stereocenters. The highest BCUT2D eigenvalue weighted by Gasteiger charge is 2.15. The Hall–Kier alpha value is -0.570. The van der Waals surface area contributed by atoms with E-state index in [9.17, 15) is 5.11 Å². The topological polar surface area (TPSA) is 32.3 Å². The normalized spacial score (nSPS) is 13.9. The van der Waals surface area contributed by atoms with Crippen molar-refractivity contribution < 1.29 is 5.11 Å². The summed E-state index contributed by atoms with van der Waals surface area (Å²) < 4.78 is 0. The van der Waals surface area contributed by atoms with Gasteiger partial charge in [-0.2, -0.15) is 0 Å². The van der Waals surface area contributed by atoms with Gasteiger partial charge in [0.05, 0.1) is 5.60 Å². The molecule has 1 aromatic rings. The Kier molecular flexibility index (Phi) is 4.14. The molecule has 0 saturated carbocycles. The Morgan fingerprint density at radius 2 is 2.00 bits per heavy atom. The molecule has 84 valence electrons. The van der Waals surface area contributed by atoms with E-state index in [1.54, 1.807) is 13.8 Å². The van der Waals surface area contributed by atoms with Gasteiger partial charge in [0.2, 0.25) is 0 Å². The summed E-state index contributed by atoms with van der Waals surface area (Å²) in [6, 6.07) is 7.88. The van der Waals surface area contributed by atoms with Crippen LogP contribution in [0, 0.1) is 0 Å². The van der Waals surface area contributed by atoms with Crippen LogP contribution in [0.2, 0.25) is 5.02 Å². The van der Waals surface area contributed by atoms with E-state index in [1.165, 1.54) is 0 Å². The lowest BCUT2D eigenvalue weighted by atomic mass is 10.1. The summed E-state index contributed by atoms with van der Waals surface area (Å²) in [7, 11) is 0. The number of aliphatic hydroxyl groups is 1. The number of rotatable bonds is 4. The van der Waals surface area contributed by atoms with Gasteiger partial charge in [0.15, 0.2) is 0 Å². The SMILES string of the molecule is C[C@@H](NCC(C)(C)O)c1ccccc1Cl. The molecular weight excluding hydrogens is 210 g/mol. The molecule has 3 heteroatoms. The smallest absolute Gasteiger partial charge is 0.0715 e. The molecular formula is C12H18ClNO. The summed E-state index contributed by atoms with van der Waals surface area (Å²) in [6.45, 7) is 6.13. The molecule has 2 N–H and O–H groups in total. The van der Waals surface area contributed by atoms with E-state index < -0.39 is 5.60 Å². The second-order valence-corrected chi connectivity index (χ2v) is 4.84. The predicted molar refractivity (Wildman–Crippen MR) is 64.2 cm³/mol. The fourth-order valence-electron chi connectivity index (χ4n) is 1.34. The zero-order chi connectivity index (χ0) is 11.5. The number of halogens is 1. The van der Waals surface area contributed by atoms with E-state index in [2.05, 4.69) is 5.32 Å². The van der Waals surface area contributed by atoms with Crippen LogP contribution in [0.5, 0.6) is 0 Å². The molecule has 1 rings (SSSR count). The van der Waals surface area contributed by atoms with Gasteiger partial charge in [-0.15, -0.1) is 0 Å². The lowest BCUT2D eigenvalue weighted by Crippen LogP contribution is -2.36. The van der Waals surface area contributed by atoms with E-state index >= 15 is 0 Å². The maximum Gasteiger partial charge on any atom is 0.0715 e. The first-order chi connectivity index (χ1) is 6.90. The average Bonchev–Trinajstić information content (AvgIpc) is 2.14. The largest absolute Gasteiger partial charge is 0.389 e. The van der Waals surface area contributed by atoms with E-state index in [-0.39, 0.29) is 6.04 Å². The first-order valence-electron chi connectivity index (χ1n) is 5.10. The van der Waals surface area contributed by atoms with Gasteiger partial charge in [0.1, 0.15) is 0 Å². The first-order valence-corrected chi connectivity index (χ1v) is 5.48. The second kappa shape index (κ2) is 4.97. The molecule has 0 fully saturated rings. The summed E-state index contributed by atoms with van der Waals surface area (Å²) in [5, 5.41) is 13.6. The maximum absolute atomic E-state index is 9.59. The Labute approximate surface area is 96.3 Å². The van der Waals surface area contributed by atoms with Crippen LogP contribution in [0.1, 0.15) is 32.4 Å². The minimum absolute atomic E-state index is 0.144. The van der Waals surface area contributed by atoms with Gasteiger partial charge in [-0.3, -0.25) is 0 Å². The molecule has 0 aliphatic carbocycles. The number of hydrogen-bond donors (Lipinski definition) is 2. The van der Waals surface area contributed by atoms with Crippen molar-refractivity contribution in [3.63, 3.8) is 0 Å². The van der Waals surface area contributed by atoms with Crippen molar-refractivity contribution in [2.75, 3.05) is 6.54 Å². The van der Waals surface area contributed by atoms with Crippen LogP contribution in [0.25, 0.3) is 0 Å². The van der Waals surface area contributed by atoms with Crippen LogP contribution in [-0.2, 0) is 0 Å². The third-order valence-electron chi connectivity index (χ3n) is 2.21. The standard InChI is InChI=1S/C12H18ClNO/c1-9(14-8-12(2,3)15)10-6-4-5-7-11(10)13/h4-7,9,14-15H,8H2,1-3H3/t9-/m1/s1. The van der Waals surface area contributed by atoms with Gasteiger partial charge in [-0.1, -0.05) is 29.8 Å². The lowest BCUT2D eigenvalue weighted by molar-refractivity contribution is 0.0770. The zero-order valence-electron chi connectivity index (χ0n) is 9.42. The minimum Gasteiger partial charge on any atom is -0.389 e. The molecule has 0 spiro atoms. The van der Waals surface area contributed by atoms with Crippen molar-refractivity contribution in [2.45, 2.75) is 32.4 Å². The van der Waals surface area contributed by atoms with Crippen molar-refractivity contribution >= 4 is 11.6 Å². The monoisotopic (exact) mass is 227 g/mol. The highest BCUT2D eigenvalue weighted by atomic mass is 35.5. The summed E-state index contributed by atoms with van der Waals surface area (Å²) in [5.74, 6) is 0. The van der Waals surface area contributed by atoms with E-state index in [0.29, 0.717) is 6.54 Å². The maximum atomic E-state index is 9.59. The second-order valence-electron chi connectivity index (χ2n) is 4.44. The third kappa shape index (κ3) is 4.20. The summed E-state index contributed by atoms with van der Waals surface area (Å²) in [6.07, 6.45) is 0. The van der Waals surface area contributed by atoms with E-state index in [0.717, 1.165) is 10.6 Å². The number of hydrogen-bond acceptors (Lipinski definition) is 2. The molecule has 0 aliphatic rings. The Morgan fingerprint density at radius 3 is 2.53 bits per heavy atom. The third-order valence-corrected chi connectivity index (χ3v) is 2.56. The fraction of sp³-hybridized carbons (Fsp3) is 0.500. The van der Waals surface area contributed by atoms with Crippen molar-refractivity contribution in [1.29, 1.82) is 0 Å². The van der Waals surface area contributed by atoms with Gasteiger partial charge < -0.3 is 10.4 Å². The Balaban J connectivity index is 2.62. The van der Waals surface area contributed by atoms with Crippen LogP contribution in [0.3, 0.4) is 0 Å². The first kappa shape index (κ1) is 12.5. The fourth-order valence-corrected chi connectivity index (χ4v) is 1.64. The molecule has 2 nitrogen and oxygen atoms in total. The van der Waals surface area contributed by atoms with Gasteiger partial charge in [-0.25, -0.2) is 0 Å². The zero-order valence-corrected chi connectivity index (χ0v) is 10.2. The average molecular weight is 228 g/mol. The Morgan fingerprint density at radius 1 is 1.40 bits per heavy atom. The van der Waals surface area contributed by atoms with Gasteiger partial charge in [0, 0.05) is 17.6 Å². The van der Waals surface area contributed by atoms with Crippen molar-refractivity contribution in [3.8, 4) is 0 Å². The van der Waals surface area contributed by atoms with Gasteiger partial charge >= 0.3 is 0 Å². The predicted octanol–water partition coefficient (Wildman–Crippen LogP) is 2.76. The van der Waals surface area contributed by atoms with Gasteiger partial charge in [0.25, 0.3) is 0 Å². The highest BCUT2D eigenvalue weighted by molar-refractivity contribution is 6.31. The van der Waals surface area contributed by atoms with Crippen LogP contribution >= 0.6 is 11.6 Å². The molecule has 0 aromatic heterocycles. The lowest BCUT2D eigenvalue weighted by Gasteiger charge is -2.22. The number of nitrogens with one attached hydrogen (secondary N) is 1. The van der Waals surface area contributed by atoms with Gasteiger partial charge in [-0.05, 0) is 32.4 Å². The molecule has 0 bridgehead atoms. The quantitative estimate of drug-likeness (QED) is 0.829. The van der Waals surface area contributed by atoms with Crippen LogP contribution < -0.4 is 5.32 Å². The summed E-state index contributed by atoms with van der Waals surface area (Å²) in [4.78, 5) is 0. The highest BCUT2D eigenvalue weighted by Crippen LogP contribution is 2.22. The molecule has 15 heavy (non-hydrogen) atoms. The molecule has 0 saturated heterocycles. The summed E-state index contributed by atoms with van der Waals surface area (Å²) in [5.41, 5.74) is 0.360. The molecule has 1 atom stereocenters. The van der Waals surface area contributed by atoms with Crippen LogP contribution in [0.15, 0.2) is 24.3 Å². The molecule has 1 aromatic carbocycles. The van der Waals surface area contributed by atoms with Crippen LogP contribution in [0.4, 0.5) is 0 Å². The molecule has 0 amide bonds.